The number of anilines is 1. The zero-order valence-electron chi connectivity index (χ0n) is 9.84. The van der Waals surface area contributed by atoms with Gasteiger partial charge in [-0.15, -0.1) is 0 Å². The fraction of sp³-hybridized carbons (Fsp3) is 0.500. The minimum atomic E-state index is -0.546. The van der Waals surface area contributed by atoms with Gasteiger partial charge in [-0.3, -0.25) is 0 Å². The normalized spacial score (nSPS) is 10.5. The van der Waals surface area contributed by atoms with Crippen LogP contribution in [0.25, 0.3) is 0 Å². The topological polar surface area (TPSA) is 44.5 Å². The lowest BCUT2D eigenvalue weighted by molar-refractivity contribution is 0.0983. The molecule has 0 saturated carbocycles. The number of ether oxygens (including phenoxy) is 2. The average molecular weight is 262 g/mol. The van der Waals surface area contributed by atoms with Crippen LogP contribution in [0.15, 0.2) is 12.1 Å². The number of nitrogens with two attached hydrogens (primary N) is 1. The van der Waals surface area contributed by atoms with Gasteiger partial charge in [0.1, 0.15) is 18.2 Å². The van der Waals surface area contributed by atoms with Crippen LogP contribution in [0.2, 0.25) is 5.02 Å². The highest BCUT2D eigenvalue weighted by atomic mass is 35.5. The van der Waals surface area contributed by atoms with Crippen LogP contribution in [-0.4, -0.2) is 19.8 Å². The van der Waals surface area contributed by atoms with E-state index in [2.05, 4.69) is 6.92 Å². The maximum atomic E-state index is 13.0. The van der Waals surface area contributed by atoms with Crippen molar-refractivity contribution < 1.29 is 13.9 Å². The van der Waals surface area contributed by atoms with E-state index < -0.39 is 5.82 Å². The zero-order valence-corrected chi connectivity index (χ0v) is 10.6. The molecule has 0 unspecified atom stereocenters. The molecule has 0 atom stereocenters. The molecule has 1 aromatic rings. The quantitative estimate of drug-likeness (QED) is 0.605. The van der Waals surface area contributed by atoms with Crippen LogP contribution in [0.5, 0.6) is 5.75 Å². The Morgan fingerprint density at radius 1 is 1.29 bits per heavy atom. The van der Waals surface area contributed by atoms with Crippen molar-refractivity contribution in [1.29, 1.82) is 0 Å². The lowest BCUT2D eigenvalue weighted by atomic mass is 10.3. The Morgan fingerprint density at radius 3 is 2.76 bits per heavy atom. The molecule has 0 aliphatic heterocycles. The Bertz CT molecular complexity index is 361. The third kappa shape index (κ3) is 4.79. The first-order chi connectivity index (χ1) is 8.15. The number of halogens is 2. The first kappa shape index (κ1) is 14.1. The summed E-state index contributed by atoms with van der Waals surface area (Å²) in [6.07, 6.45) is 2.13. The summed E-state index contributed by atoms with van der Waals surface area (Å²) in [5.74, 6) is -0.161. The Labute approximate surface area is 106 Å². The van der Waals surface area contributed by atoms with Crippen LogP contribution >= 0.6 is 11.6 Å². The summed E-state index contributed by atoms with van der Waals surface area (Å²) >= 11 is 5.63. The van der Waals surface area contributed by atoms with Gasteiger partial charge in [0.05, 0.1) is 17.3 Å². The molecule has 0 bridgehead atoms. The smallest absolute Gasteiger partial charge is 0.144 e. The minimum absolute atomic E-state index is 0.00102. The van der Waals surface area contributed by atoms with Crippen LogP contribution in [0.1, 0.15) is 19.8 Å². The van der Waals surface area contributed by atoms with E-state index in [1.807, 2.05) is 0 Å². The molecular weight excluding hydrogens is 245 g/mol. The molecule has 0 spiro atoms. The number of rotatable bonds is 7. The monoisotopic (exact) mass is 261 g/mol. The molecular formula is C12H17ClFNO2. The van der Waals surface area contributed by atoms with Crippen molar-refractivity contribution in [3.05, 3.63) is 23.0 Å². The van der Waals surface area contributed by atoms with Gasteiger partial charge in [0.15, 0.2) is 0 Å². The van der Waals surface area contributed by atoms with E-state index in [9.17, 15) is 4.39 Å². The summed E-state index contributed by atoms with van der Waals surface area (Å²) in [7, 11) is 0. The molecule has 0 aliphatic carbocycles. The van der Waals surface area contributed by atoms with Gasteiger partial charge in [-0.05, 0) is 6.42 Å². The highest BCUT2D eigenvalue weighted by molar-refractivity contribution is 6.31. The van der Waals surface area contributed by atoms with E-state index in [-0.39, 0.29) is 10.7 Å². The highest BCUT2D eigenvalue weighted by Gasteiger charge is 2.06. The summed E-state index contributed by atoms with van der Waals surface area (Å²) in [6, 6.07) is 2.52. The molecule has 0 fully saturated rings. The highest BCUT2D eigenvalue weighted by Crippen LogP contribution is 2.28. The molecule has 0 saturated heterocycles. The lowest BCUT2D eigenvalue weighted by Crippen LogP contribution is -2.08. The number of hydrogen-bond acceptors (Lipinski definition) is 3. The van der Waals surface area contributed by atoms with Gasteiger partial charge in [0.25, 0.3) is 0 Å². The Morgan fingerprint density at radius 2 is 2.06 bits per heavy atom. The van der Waals surface area contributed by atoms with Gasteiger partial charge in [-0.25, -0.2) is 4.39 Å². The van der Waals surface area contributed by atoms with Gasteiger partial charge < -0.3 is 15.2 Å². The minimum Gasteiger partial charge on any atom is -0.489 e. The van der Waals surface area contributed by atoms with Crippen molar-refractivity contribution in [3.8, 4) is 5.75 Å². The number of nitrogen functional groups attached to an aromatic ring is 1. The first-order valence-electron chi connectivity index (χ1n) is 5.60. The standard InChI is InChI=1S/C12H17ClFNO2/c1-2-3-4-16-5-6-17-12-7-9(13)10(14)8-11(12)15/h7-8H,2-6,15H2,1H3. The molecule has 0 aromatic heterocycles. The van der Waals surface area contributed by atoms with Crippen molar-refractivity contribution >= 4 is 17.3 Å². The third-order valence-electron chi connectivity index (χ3n) is 2.18. The SMILES string of the molecule is CCCCOCCOc1cc(Cl)c(F)cc1N. The van der Waals surface area contributed by atoms with E-state index in [4.69, 9.17) is 26.8 Å². The third-order valence-corrected chi connectivity index (χ3v) is 2.47. The Balaban J connectivity index is 2.34. The second-order valence-electron chi connectivity index (χ2n) is 3.62. The van der Waals surface area contributed by atoms with Crippen molar-refractivity contribution in [1.82, 2.24) is 0 Å². The molecule has 1 aromatic carbocycles. The Hall–Kier alpha value is -1.00. The van der Waals surface area contributed by atoms with E-state index in [1.54, 1.807) is 0 Å². The summed E-state index contributed by atoms with van der Waals surface area (Å²) in [5.41, 5.74) is 5.82. The number of unbranched alkanes of at least 4 members (excludes halogenated alkanes) is 1. The fourth-order valence-corrected chi connectivity index (χ4v) is 1.38. The van der Waals surface area contributed by atoms with Crippen molar-refractivity contribution in [2.75, 3.05) is 25.6 Å². The van der Waals surface area contributed by atoms with Gasteiger partial charge in [0, 0.05) is 18.7 Å². The molecule has 0 amide bonds. The van der Waals surface area contributed by atoms with Crippen LogP contribution in [-0.2, 0) is 4.74 Å². The van der Waals surface area contributed by atoms with Gasteiger partial charge in [0.2, 0.25) is 0 Å². The fourth-order valence-electron chi connectivity index (χ4n) is 1.23. The largest absolute Gasteiger partial charge is 0.489 e. The molecule has 0 radical (unpaired) electrons. The molecule has 3 nitrogen and oxygen atoms in total. The zero-order chi connectivity index (χ0) is 12.7. The van der Waals surface area contributed by atoms with Gasteiger partial charge in [-0.2, -0.15) is 0 Å². The maximum absolute atomic E-state index is 13.0. The predicted molar refractivity (Wildman–Crippen MR) is 67.0 cm³/mol. The van der Waals surface area contributed by atoms with Gasteiger partial charge >= 0.3 is 0 Å². The molecule has 1 rings (SSSR count). The molecule has 5 heteroatoms. The summed E-state index contributed by atoms with van der Waals surface area (Å²) in [6.45, 7) is 3.67. The van der Waals surface area contributed by atoms with Crippen LogP contribution < -0.4 is 10.5 Å². The van der Waals surface area contributed by atoms with E-state index >= 15 is 0 Å². The Kier molecular flexibility index (Phi) is 6.08. The molecule has 2 N–H and O–H groups in total. The molecule has 0 heterocycles. The lowest BCUT2D eigenvalue weighted by Gasteiger charge is -2.10. The average Bonchev–Trinajstić information content (AvgIpc) is 2.30. The second kappa shape index (κ2) is 7.35. The van der Waals surface area contributed by atoms with Crippen LogP contribution in [0.3, 0.4) is 0 Å². The van der Waals surface area contributed by atoms with Crippen molar-refractivity contribution in [2.24, 2.45) is 0 Å². The van der Waals surface area contributed by atoms with Crippen molar-refractivity contribution in [3.63, 3.8) is 0 Å². The van der Waals surface area contributed by atoms with Gasteiger partial charge in [-0.1, -0.05) is 24.9 Å². The predicted octanol–water partition coefficient (Wildman–Crippen LogP) is 3.26. The van der Waals surface area contributed by atoms with Crippen molar-refractivity contribution in [2.45, 2.75) is 19.8 Å². The van der Waals surface area contributed by atoms with Crippen LogP contribution in [0.4, 0.5) is 10.1 Å². The van der Waals surface area contributed by atoms with E-state index in [0.717, 1.165) is 25.5 Å². The second-order valence-corrected chi connectivity index (χ2v) is 4.03. The van der Waals surface area contributed by atoms with E-state index in [0.29, 0.717) is 19.0 Å². The summed E-state index contributed by atoms with van der Waals surface area (Å²) in [5, 5.41) is 0.00102. The molecule has 17 heavy (non-hydrogen) atoms. The summed E-state index contributed by atoms with van der Waals surface area (Å²) < 4.78 is 23.7. The van der Waals surface area contributed by atoms with E-state index in [1.165, 1.54) is 6.07 Å². The maximum Gasteiger partial charge on any atom is 0.144 e. The molecule has 96 valence electrons. The number of benzene rings is 1. The summed E-state index contributed by atoms with van der Waals surface area (Å²) in [4.78, 5) is 0. The first-order valence-corrected chi connectivity index (χ1v) is 5.98. The van der Waals surface area contributed by atoms with Crippen LogP contribution in [0, 0.1) is 5.82 Å². The number of hydrogen-bond donors (Lipinski definition) is 1. The molecule has 0 aliphatic rings.